The van der Waals surface area contributed by atoms with Gasteiger partial charge in [0.05, 0.1) is 24.0 Å². The number of aromatic nitrogens is 4. The van der Waals surface area contributed by atoms with Crippen molar-refractivity contribution in [3.63, 3.8) is 0 Å². The number of anilines is 1. The number of carbonyl (C=O) groups excluding carboxylic acids is 1. The fraction of sp³-hybridized carbons (Fsp3) is 0.348. The van der Waals surface area contributed by atoms with Crippen LogP contribution in [0.2, 0.25) is 0 Å². The molecule has 3 aromatic heterocycles. The first kappa shape index (κ1) is 19.5. The predicted molar refractivity (Wildman–Crippen MR) is 114 cm³/mol. The molecule has 4 heterocycles. The molecule has 7 nitrogen and oxygen atoms in total. The maximum atomic E-state index is 13.6. The highest BCUT2D eigenvalue weighted by Crippen LogP contribution is 2.40. The van der Waals surface area contributed by atoms with Crippen molar-refractivity contribution in [2.45, 2.75) is 38.8 Å². The van der Waals surface area contributed by atoms with Gasteiger partial charge in [-0.05, 0) is 56.4 Å². The summed E-state index contributed by atoms with van der Waals surface area (Å²) < 4.78 is 13.3. The highest BCUT2D eigenvalue weighted by Gasteiger charge is 2.47. The second-order valence-corrected chi connectivity index (χ2v) is 8.41. The second kappa shape index (κ2) is 7.68. The summed E-state index contributed by atoms with van der Waals surface area (Å²) in [6, 6.07) is 7.81. The Morgan fingerprint density at radius 3 is 2.58 bits per heavy atom. The van der Waals surface area contributed by atoms with Crippen LogP contribution in [-0.2, 0) is 0 Å². The van der Waals surface area contributed by atoms with E-state index in [0.29, 0.717) is 29.5 Å². The monoisotopic (exact) mass is 418 g/mol. The van der Waals surface area contributed by atoms with Crippen LogP contribution in [0.4, 0.5) is 10.2 Å². The number of nitrogens with zero attached hydrogens (tertiary/aromatic N) is 5. The topological polar surface area (TPSA) is 83.9 Å². The number of carbonyl (C=O) groups is 1. The van der Waals surface area contributed by atoms with Gasteiger partial charge in [0.25, 0.3) is 5.91 Å². The number of rotatable bonds is 4. The molecule has 158 valence electrons. The largest absolute Gasteiger partial charge is 0.365 e. The summed E-state index contributed by atoms with van der Waals surface area (Å²) in [7, 11) is 0. The minimum atomic E-state index is -0.521. The van der Waals surface area contributed by atoms with Crippen molar-refractivity contribution in [1.82, 2.24) is 24.8 Å². The van der Waals surface area contributed by atoms with Gasteiger partial charge in [0.15, 0.2) is 11.6 Å². The lowest BCUT2D eigenvalue weighted by atomic mass is 10.0. The Bertz CT molecular complexity index is 1120. The molecule has 3 aromatic rings. The fourth-order valence-corrected chi connectivity index (χ4v) is 4.64. The zero-order chi connectivity index (χ0) is 21.5. The number of pyridine rings is 2. The molecule has 2 aliphatic rings. The van der Waals surface area contributed by atoms with Crippen molar-refractivity contribution in [2.75, 3.05) is 11.9 Å². The molecule has 5 rings (SSSR count). The average molecular weight is 418 g/mol. The molecule has 2 bridgehead atoms. The number of likely N-dealkylation sites (tertiary alicyclic amines) is 1. The quantitative estimate of drug-likeness (QED) is 0.699. The van der Waals surface area contributed by atoms with Crippen molar-refractivity contribution in [2.24, 2.45) is 5.92 Å². The zero-order valence-corrected chi connectivity index (χ0v) is 17.4. The lowest BCUT2D eigenvalue weighted by Gasteiger charge is -2.34. The van der Waals surface area contributed by atoms with Gasteiger partial charge < -0.3 is 10.2 Å². The maximum Gasteiger partial charge on any atom is 0.273 e. The Kier molecular flexibility index (Phi) is 4.84. The smallest absolute Gasteiger partial charge is 0.273 e. The first-order valence-corrected chi connectivity index (χ1v) is 10.4. The Balaban J connectivity index is 1.42. The summed E-state index contributed by atoms with van der Waals surface area (Å²) >= 11 is 0. The van der Waals surface area contributed by atoms with Crippen LogP contribution in [-0.4, -0.2) is 49.4 Å². The molecule has 3 unspecified atom stereocenters. The van der Waals surface area contributed by atoms with Crippen LogP contribution in [0.25, 0.3) is 11.4 Å². The minimum absolute atomic E-state index is 0.0740. The lowest BCUT2D eigenvalue weighted by molar-refractivity contribution is 0.0686. The number of piperidine rings is 1. The van der Waals surface area contributed by atoms with Crippen LogP contribution < -0.4 is 5.32 Å². The minimum Gasteiger partial charge on any atom is -0.365 e. The van der Waals surface area contributed by atoms with Gasteiger partial charge in [-0.25, -0.2) is 24.3 Å². The number of nitrogens with one attached hydrogen (secondary N) is 1. The first-order valence-electron chi connectivity index (χ1n) is 10.4. The van der Waals surface area contributed by atoms with E-state index in [1.54, 1.807) is 6.07 Å². The molecule has 1 amide bonds. The number of hydrogen-bond acceptors (Lipinski definition) is 6. The number of halogens is 1. The van der Waals surface area contributed by atoms with E-state index in [9.17, 15) is 9.18 Å². The second-order valence-electron chi connectivity index (χ2n) is 8.41. The molecule has 1 aliphatic carbocycles. The fourth-order valence-electron chi connectivity index (χ4n) is 4.64. The van der Waals surface area contributed by atoms with Gasteiger partial charge in [-0.15, -0.1) is 0 Å². The van der Waals surface area contributed by atoms with Crippen LogP contribution in [0.15, 0.2) is 42.9 Å². The highest BCUT2D eigenvalue weighted by atomic mass is 19.1. The molecule has 0 radical (unpaired) electrons. The van der Waals surface area contributed by atoms with Gasteiger partial charge in [0.1, 0.15) is 11.5 Å². The molecule has 0 aromatic carbocycles. The lowest BCUT2D eigenvalue weighted by Crippen LogP contribution is -2.48. The van der Waals surface area contributed by atoms with Gasteiger partial charge in [-0.3, -0.25) is 4.79 Å². The molecule has 3 atom stereocenters. The molecular formula is C23H23FN6O. The molecule has 1 aliphatic heterocycles. The summed E-state index contributed by atoms with van der Waals surface area (Å²) in [6.07, 6.45) is 6.01. The van der Waals surface area contributed by atoms with E-state index in [1.165, 1.54) is 0 Å². The first-order chi connectivity index (χ1) is 15.0. The van der Waals surface area contributed by atoms with Gasteiger partial charge >= 0.3 is 0 Å². The Labute approximate surface area is 179 Å². The summed E-state index contributed by atoms with van der Waals surface area (Å²) in [5.41, 5.74) is 2.67. The van der Waals surface area contributed by atoms with Crippen molar-refractivity contribution >= 4 is 11.7 Å². The summed E-state index contributed by atoms with van der Waals surface area (Å²) in [4.78, 5) is 32.6. The van der Waals surface area contributed by atoms with E-state index in [4.69, 9.17) is 0 Å². The molecule has 31 heavy (non-hydrogen) atoms. The molecule has 1 N–H and O–H groups in total. The maximum absolute atomic E-state index is 13.6. The third kappa shape index (κ3) is 3.73. The van der Waals surface area contributed by atoms with E-state index in [-0.39, 0.29) is 18.0 Å². The van der Waals surface area contributed by atoms with Gasteiger partial charge in [0, 0.05) is 24.5 Å². The van der Waals surface area contributed by atoms with Crippen molar-refractivity contribution in [3.8, 4) is 11.4 Å². The molecule has 0 spiro atoms. The molecular weight excluding hydrogens is 395 g/mol. The summed E-state index contributed by atoms with van der Waals surface area (Å²) in [5, 5.41) is 3.51. The standard InChI is InChI=1S/C23H23FN6O/c1-13-3-6-20(25-9-13)29-18-7-15-8-19(18)30(12-15)23(31)21-17(5-4-14(2)28-21)22-26-10-16(24)11-27-22/h3-6,9-11,15,18-19H,7-8,12H2,1-2H3,(H,25,29). The normalized spacial score (nSPS) is 22.0. The van der Waals surface area contributed by atoms with Gasteiger partial charge in [0.2, 0.25) is 0 Å². The average Bonchev–Trinajstić information content (AvgIpc) is 3.36. The summed E-state index contributed by atoms with van der Waals surface area (Å²) in [5.74, 6) is 0.909. The van der Waals surface area contributed by atoms with E-state index in [0.717, 1.165) is 42.3 Å². The van der Waals surface area contributed by atoms with E-state index in [2.05, 4.69) is 25.3 Å². The Hall–Kier alpha value is -3.42. The highest BCUT2D eigenvalue weighted by molar-refractivity contribution is 5.98. The van der Waals surface area contributed by atoms with Crippen LogP contribution in [0.5, 0.6) is 0 Å². The van der Waals surface area contributed by atoms with Crippen molar-refractivity contribution in [1.29, 1.82) is 0 Å². The third-order valence-corrected chi connectivity index (χ3v) is 6.09. The number of amides is 1. The Morgan fingerprint density at radius 2 is 1.87 bits per heavy atom. The van der Waals surface area contributed by atoms with E-state index < -0.39 is 5.82 Å². The van der Waals surface area contributed by atoms with Crippen molar-refractivity contribution in [3.05, 3.63) is 65.6 Å². The Morgan fingerprint density at radius 1 is 1.06 bits per heavy atom. The van der Waals surface area contributed by atoms with Crippen molar-refractivity contribution < 1.29 is 9.18 Å². The number of aryl methyl sites for hydroxylation is 2. The third-order valence-electron chi connectivity index (χ3n) is 6.09. The van der Waals surface area contributed by atoms with Gasteiger partial charge in [-0.2, -0.15) is 0 Å². The van der Waals surface area contributed by atoms with Crippen LogP contribution in [0.1, 0.15) is 34.6 Å². The van der Waals surface area contributed by atoms with E-state index >= 15 is 0 Å². The number of fused-ring (bicyclic) bond motifs is 2. The molecule has 1 saturated carbocycles. The molecule has 2 fully saturated rings. The van der Waals surface area contributed by atoms with Crippen LogP contribution >= 0.6 is 0 Å². The van der Waals surface area contributed by atoms with Crippen LogP contribution in [0, 0.1) is 25.6 Å². The zero-order valence-electron chi connectivity index (χ0n) is 17.4. The van der Waals surface area contributed by atoms with E-state index in [1.807, 2.05) is 43.1 Å². The SMILES string of the molecule is Cc1ccc(NC2CC3CC2N(C(=O)c2nc(C)ccc2-c2ncc(F)cn2)C3)nc1. The van der Waals surface area contributed by atoms with Gasteiger partial charge in [-0.1, -0.05) is 6.07 Å². The molecule has 8 heteroatoms. The predicted octanol–water partition coefficient (Wildman–Crippen LogP) is 3.40. The molecule has 1 saturated heterocycles. The van der Waals surface area contributed by atoms with Crippen LogP contribution in [0.3, 0.4) is 0 Å². The summed E-state index contributed by atoms with van der Waals surface area (Å²) in [6.45, 7) is 4.56. The number of hydrogen-bond donors (Lipinski definition) is 1.